The summed E-state index contributed by atoms with van der Waals surface area (Å²) in [5, 5.41) is 2.86. The van der Waals surface area contributed by atoms with Gasteiger partial charge in [-0.1, -0.05) is 18.2 Å². The summed E-state index contributed by atoms with van der Waals surface area (Å²) in [5.41, 5.74) is 1.71. The molecular formula is C19H24N4O3. The molecule has 2 aromatic rings. The zero-order chi connectivity index (χ0) is 18.9. The van der Waals surface area contributed by atoms with Gasteiger partial charge in [0.25, 0.3) is 5.91 Å². The number of benzene rings is 1. The average molecular weight is 356 g/mol. The van der Waals surface area contributed by atoms with Gasteiger partial charge in [-0.15, -0.1) is 0 Å². The lowest BCUT2D eigenvalue weighted by Crippen LogP contribution is -2.36. The fourth-order valence-corrected chi connectivity index (χ4v) is 2.14. The van der Waals surface area contributed by atoms with Crippen molar-refractivity contribution in [2.24, 2.45) is 0 Å². The molecule has 1 aromatic carbocycles. The number of carbonyl (C=O) groups excluding carboxylic acids is 2. The number of likely N-dealkylation sites (N-methyl/N-ethyl adjacent to an activating group) is 1. The maximum absolute atomic E-state index is 12.2. The molecule has 0 atom stereocenters. The lowest BCUT2D eigenvalue weighted by molar-refractivity contribution is -0.130. The van der Waals surface area contributed by atoms with Crippen LogP contribution in [0.5, 0.6) is 5.75 Å². The van der Waals surface area contributed by atoms with Crippen LogP contribution in [0.1, 0.15) is 11.3 Å². The SMILES string of the molecule is CN(C)C(=O)COc1cccc(CNC(=O)N(C)Cc2ccccn2)c1. The molecule has 1 heterocycles. The van der Waals surface area contributed by atoms with Gasteiger partial charge in [0.1, 0.15) is 5.75 Å². The highest BCUT2D eigenvalue weighted by Crippen LogP contribution is 2.13. The number of urea groups is 1. The van der Waals surface area contributed by atoms with Crippen LogP contribution in [-0.4, -0.2) is 54.5 Å². The second-order valence-corrected chi connectivity index (χ2v) is 6.06. The summed E-state index contributed by atoms with van der Waals surface area (Å²) in [5.74, 6) is 0.480. The van der Waals surface area contributed by atoms with Crippen molar-refractivity contribution >= 4 is 11.9 Å². The Bertz CT molecular complexity index is 735. The molecule has 0 aliphatic heterocycles. The van der Waals surface area contributed by atoms with Gasteiger partial charge in [-0.25, -0.2) is 4.79 Å². The molecule has 0 bridgehead atoms. The van der Waals surface area contributed by atoms with E-state index in [0.29, 0.717) is 18.8 Å². The molecule has 0 saturated heterocycles. The highest BCUT2D eigenvalue weighted by molar-refractivity contribution is 5.77. The van der Waals surface area contributed by atoms with Gasteiger partial charge in [0.2, 0.25) is 0 Å². The topological polar surface area (TPSA) is 74.8 Å². The second-order valence-electron chi connectivity index (χ2n) is 6.06. The predicted molar refractivity (Wildman–Crippen MR) is 98.6 cm³/mol. The summed E-state index contributed by atoms with van der Waals surface area (Å²) in [7, 11) is 5.08. The molecule has 0 saturated carbocycles. The van der Waals surface area contributed by atoms with E-state index in [9.17, 15) is 9.59 Å². The average Bonchev–Trinajstić information content (AvgIpc) is 2.65. The molecule has 138 valence electrons. The highest BCUT2D eigenvalue weighted by Gasteiger charge is 2.10. The van der Waals surface area contributed by atoms with Gasteiger partial charge in [0, 0.05) is 33.9 Å². The molecule has 0 aliphatic rings. The maximum Gasteiger partial charge on any atom is 0.317 e. The molecule has 0 spiro atoms. The third kappa shape index (κ3) is 6.08. The quantitative estimate of drug-likeness (QED) is 0.822. The minimum Gasteiger partial charge on any atom is -0.484 e. The minimum absolute atomic E-state index is 0.0182. The van der Waals surface area contributed by atoms with Crippen molar-refractivity contribution in [1.29, 1.82) is 0 Å². The van der Waals surface area contributed by atoms with E-state index in [1.54, 1.807) is 38.3 Å². The lowest BCUT2D eigenvalue weighted by atomic mass is 10.2. The van der Waals surface area contributed by atoms with Crippen LogP contribution >= 0.6 is 0 Å². The van der Waals surface area contributed by atoms with Gasteiger partial charge in [-0.3, -0.25) is 9.78 Å². The molecule has 7 heteroatoms. The molecule has 1 aromatic heterocycles. The summed E-state index contributed by atoms with van der Waals surface area (Å²) in [4.78, 5) is 31.0. The van der Waals surface area contributed by atoms with Crippen molar-refractivity contribution in [3.8, 4) is 5.75 Å². The second kappa shape index (κ2) is 9.41. The van der Waals surface area contributed by atoms with Crippen molar-refractivity contribution < 1.29 is 14.3 Å². The van der Waals surface area contributed by atoms with Gasteiger partial charge >= 0.3 is 6.03 Å². The first-order valence-corrected chi connectivity index (χ1v) is 8.26. The van der Waals surface area contributed by atoms with E-state index in [1.165, 1.54) is 4.90 Å². The highest BCUT2D eigenvalue weighted by atomic mass is 16.5. The Balaban J connectivity index is 1.83. The van der Waals surface area contributed by atoms with E-state index in [-0.39, 0.29) is 18.5 Å². The molecule has 7 nitrogen and oxygen atoms in total. The molecule has 0 fully saturated rings. The van der Waals surface area contributed by atoms with Gasteiger partial charge in [-0.05, 0) is 29.8 Å². The van der Waals surface area contributed by atoms with Crippen molar-refractivity contribution in [1.82, 2.24) is 20.1 Å². The van der Waals surface area contributed by atoms with E-state index in [4.69, 9.17) is 4.74 Å². The number of carbonyl (C=O) groups is 2. The number of amides is 3. The number of aromatic nitrogens is 1. The molecule has 0 unspecified atom stereocenters. The molecular weight excluding hydrogens is 332 g/mol. The summed E-state index contributed by atoms with van der Waals surface area (Å²) >= 11 is 0. The number of hydrogen-bond donors (Lipinski definition) is 1. The van der Waals surface area contributed by atoms with Crippen molar-refractivity contribution in [2.75, 3.05) is 27.7 Å². The molecule has 0 aliphatic carbocycles. The van der Waals surface area contributed by atoms with Crippen LogP contribution < -0.4 is 10.1 Å². The Hall–Kier alpha value is -3.09. The zero-order valence-electron chi connectivity index (χ0n) is 15.3. The van der Waals surface area contributed by atoms with Gasteiger partial charge < -0.3 is 19.9 Å². The fraction of sp³-hybridized carbons (Fsp3) is 0.316. The Kier molecular flexibility index (Phi) is 6.96. The Morgan fingerprint density at radius 3 is 2.62 bits per heavy atom. The number of ether oxygens (including phenoxy) is 1. The predicted octanol–water partition coefficient (Wildman–Crippen LogP) is 1.89. The smallest absolute Gasteiger partial charge is 0.317 e. The lowest BCUT2D eigenvalue weighted by Gasteiger charge is -2.17. The standard InChI is InChI=1S/C19H24N4O3/c1-22(2)18(24)14-26-17-9-6-7-15(11-17)12-21-19(25)23(3)13-16-8-4-5-10-20-16/h4-11H,12-14H2,1-3H3,(H,21,25). The number of hydrogen-bond acceptors (Lipinski definition) is 4. The molecule has 1 N–H and O–H groups in total. The fourth-order valence-electron chi connectivity index (χ4n) is 2.14. The normalized spacial score (nSPS) is 10.1. The monoisotopic (exact) mass is 356 g/mol. The van der Waals surface area contributed by atoms with Crippen LogP contribution in [0.25, 0.3) is 0 Å². The van der Waals surface area contributed by atoms with E-state index in [1.807, 2.05) is 36.4 Å². The van der Waals surface area contributed by atoms with E-state index >= 15 is 0 Å². The summed E-state index contributed by atoms with van der Waals surface area (Å²) in [6.45, 7) is 0.780. The Morgan fingerprint density at radius 2 is 1.92 bits per heavy atom. The molecule has 0 radical (unpaired) electrons. The van der Waals surface area contributed by atoms with Crippen LogP contribution in [0.2, 0.25) is 0 Å². The van der Waals surface area contributed by atoms with Gasteiger partial charge in [0.05, 0.1) is 12.2 Å². The first-order chi connectivity index (χ1) is 12.5. The first kappa shape index (κ1) is 19.2. The van der Waals surface area contributed by atoms with Crippen molar-refractivity contribution in [3.05, 3.63) is 59.9 Å². The minimum atomic E-state index is -0.190. The van der Waals surface area contributed by atoms with Gasteiger partial charge in [-0.2, -0.15) is 0 Å². The van der Waals surface area contributed by atoms with Crippen molar-refractivity contribution in [2.45, 2.75) is 13.1 Å². The van der Waals surface area contributed by atoms with Crippen LogP contribution in [-0.2, 0) is 17.9 Å². The van der Waals surface area contributed by atoms with Gasteiger partial charge in [0.15, 0.2) is 6.61 Å². The molecule has 26 heavy (non-hydrogen) atoms. The third-order valence-electron chi connectivity index (χ3n) is 3.68. The Labute approximate surface area is 153 Å². The van der Waals surface area contributed by atoms with Crippen LogP contribution in [0.15, 0.2) is 48.7 Å². The summed E-state index contributed by atoms with van der Waals surface area (Å²) in [6, 6.07) is 12.7. The summed E-state index contributed by atoms with van der Waals surface area (Å²) < 4.78 is 5.48. The largest absolute Gasteiger partial charge is 0.484 e. The summed E-state index contributed by atoms with van der Waals surface area (Å²) in [6.07, 6.45) is 1.70. The maximum atomic E-state index is 12.2. The van der Waals surface area contributed by atoms with Crippen LogP contribution in [0.3, 0.4) is 0 Å². The molecule has 2 rings (SSSR count). The number of nitrogens with one attached hydrogen (secondary N) is 1. The first-order valence-electron chi connectivity index (χ1n) is 8.26. The van der Waals surface area contributed by atoms with Crippen LogP contribution in [0.4, 0.5) is 4.79 Å². The number of rotatable bonds is 7. The number of nitrogens with zero attached hydrogens (tertiary/aromatic N) is 3. The van der Waals surface area contributed by atoms with E-state index < -0.39 is 0 Å². The van der Waals surface area contributed by atoms with E-state index in [2.05, 4.69) is 10.3 Å². The van der Waals surface area contributed by atoms with E-state index in [0.717, 1.165) is 11.3 Å². The molecule has 3 amide bonds. The van der Waals surface area contributed by atoms with Crippen molar-refractivity contribution in [3.63, 3.8) is 0 Å². The van der Waals surface area contributed by atoms with Crippen LogP contribution in [0, 0.1) is 0 Å². The Morgan fingerprint density at radius 1 is 1.12 bits per heavy atom. The number of pyridine rings is 1. The third-order valence-corrected chi connectivity index (χ3v) is 3.68. The zero-order valence-corrected chi connectivity index (χ0v) is 15.3.